The Morgan fingerprint density at radius 1 is 1.35 bits per heavy atom. The number of rotatable bonds is 3. The molecule has 1 amide bonds. The Kier molecular flexibility index (Phi) is 2.85. The van der Waals surface area contributed by atoms with Crippen molar-refractivity contribution in [1.82, 2.24) is 5.32 Å². The Bertz CT molecular complexity index is 614. The van der Waals surface area contributed by atoms with Gasteiger partial charge in [-0.25, -0.2) is 8.42 Å². The molecule has 1 aromatic carbocycles. The van der Waals surface area contributed by atoms with Crippen molar-refractivity contribution in [2.75, 3.05) is 6.54 Å². The van der Waals surface area contributed by atoms with E-state index in [0.29, 0.717) is 16.0 Å². The summed E-state index contributed by atoms with van der Waals surface area (Å²) >= 11 is 0. The van der Waals surface area contributed by atoms with E-state index in [1.165, 1.54) is 5.41 Å². The Hall–Kier alpha value is -1.88. The zero-order valence-electron chi connectivity index (χ0n) is 9.01. The van der Waals surface area contributed by atoms with Gasteiger partial charge in [0.05, 0.1) is 4.90 Å². The molecule has 5 heteroatoms. The van der Waals surface area contributed by atoms with Crippen LogP contribution in [-0.2, 0) is 14.6 Å². The van der Waals surface area contributed by atoms with Gasteiger partial charge in [0.2, 0.25) is 15.7 Å². The molecule has 1 heterocycles. The highest BCUT2D eigenvalue weighted by molar-refractivity contribution is 7.95. The molecular formula is C12H11NO3S. The quantitative estimate of drug-likeness (QED) is 0.816. The van der Waals surface area contributed by atoms with Crippen LogP contribution in [0.3, 0.4) is 0 Å². The van der Waals surface area contributed by atoms with E-state index >= 15 is 0 Å². The molecule has 1 aliphatic heterocycles. The Balaban J connectivity index is 2.32. The summed E-state index contributed by atoms with van der Waals surface area (Å²) in [6.07, 6.45) is 1.15. The Morgan fingerprint density at radius 2 is 2.06 bits per heavy atom. The molecule has 0 fully saturated rings. The average molecular weight is 249 g/mol. The van der Waals surface area contributed by atoms with Crippen LogP contribution >= 0.6 is 0 Å². The predicted molar refractivity (Wildman–Crippen MR) is 64.8 cm³/mol. The summed E-state index contributed by atoms with van der Waals surface area (Å²) < 4.78 is 23.5. The molecule has 1 aromatic rings. The first-order valence-corrected chi connectivity index (χ1v) is 6.54. The average Bonchev–Trinajstić information content (AvgIpc) is 2.59. The maximum Gasteiger partial charge on any atom is 0.243 e. The van der Waals surface area contributed by atoms with Crippen LogP contribution in [0, 0.1) is 0 Å². The van der Waals surface area contributed by atoms with Gasteiger partial charge in [-0.05, 0) is 23.3 Å². The van der Waals surface area contributed by atoms with Crippen molar-refractivity contribution in [1.29, 1.82) is 0 Å². The summed E-state index contributed by atoms with van der Waals surface area (Å²) in [5, 5.41) is 3.76. The topological polar surface area (TPSA) is 63.2 Å². The molecule has 0 atom stereocenters. The zero-order valence-corrected chi connectivity index (χ0v) is 9.83. The lowest BCUT2D eigenvalue weighted by molar-refractivity contribution is -0.116. The van der Waals surface area contributed by atoms with Gasteiger partial charge in [-0.15, -0.1) is 0 Å². The number of fused-ring (bicyclic) bond motifs is 1. The highest BCUT2D eigenvalue weighted by Gasteiger charge is 2.25. The highest BCUT2D eigenvalue weighted by Crippen LogP contribution is 2.32. The number of carbonyl (C=O) groups is 1. The molecule has 2 rings (SSSR count). The molecule has 0 saturated carbocycles. The molecule has 1 N–H and O–H groups in total. The zero-order chi connectivity index (χ0) is 12.5. The third-order valence-electron chi connectivity index (χ3n) is 2.48. The van der Waals surface area contributed by atoms with Crippen LogP contribution in [0.15, 0.2) is 47.2 Å². The fraction of sp³-hybridized carbons (Fsp3) is 0.0833. The van der Waals surface area contributed by atoms with Gasteiger partial charge in [0.15, 0.2) is 0 Å². The first-order chi connectivity index (χ1) is 8.04. The van der Waals surface area contributed by atoms with Crippen LogP contribution in [0.4, 0.5) is 0 Å². The first-order valence-electron chi connectivity index (χ1n) is 5.00. The molecule has 0 bridgehead atoms. The minimum absolute atomic E-state index is 0.182. The van der Waals surface area contributed by atoms with Crippen molar-refractivity contribution in [2.45, 2.75) is 4.90 Å². The lowest BCUT2D eigenvalue weighted by Gasteiger charge is -2.04. The van der Waals surface area contributed by atoms with Crippen molar-refractivity contribution >= 4 is 21.3 Å². The molecule has 0 spiro atoms. The van der Waals surface area contributed by atoms with Gasteiger partial charge in [-0.3, -0.25) is 4.79 Å². The number of benzene rings is 1. The SMILES string of the molecule is C=CC(=O)NCC1=CS(=O)(=O)c2ccccc21. The number of hydrogen-bond acceptors (Lipinski definition) is 3. The fourth-order valence-electron chi connectivity index (χ4n) is 1.69. The number of nitrogens with one attached hydrogen (secondary N) is 1. The second-order valence-electron chi connectivity index (χ2n) is 3.61. The van der Waals surface area contributed by atoms with Crippen LogP contribution < -0.4 is 5.32 Å². The molecule has 4 nitrogen and oxygen atoms in total. The fourth-order valence-corrected chi connectivity index (χ4v) is 3.17. The van der Waals surface area contributed by atoms with Gasteiger partial charge in [0.25, 0.3) is 0 Å². The molecule has 0 aliphatic carbocycles. The van der Waals surface area contributed by atoms with Crippen LogP contribution in [0.5, 0.6) is 0 Å². The third kappa shape index (κ3) is 2.14. The van der Waals surface area contributed by atoms with Gasteiger partial charge in [0.1, 0.15) is 0 Å². The highest BCUT2D eigenvalue weighted by atomic mass is 32.2. The summed E-state index contributed by atoms with van der Waals surface area (Å²) in [5.74, 6) is -0.326. The first kappa shape index (κ1) is 11.6. The summed E-state index contributed by atoms with van der Waals surface area (Å²) in [7, 11) is -3.35. The van der Waals surface area contributed by atoms with E-state index in [4.69, 9.17) is 0 Å². The van der Waals surface area contributed by atoms with Gasteiger partial charge in [-0.2, -0.15) is 0 Å². The lowest BCUT2D eigenvalue weighted by atomic mass is 10.1. The third-order valence-corrected chi connectivity index (χ3v) is 4.04. The van der Waals surface area contributed by atoms with Gasteiger partial charge in [-0.1, -0.05) is 24.8 Å². The van der Waals surface area contributed by atoms with E-state index in [-0.39, 0.29) is 12.5 Å². The lowest BCUT2D eigenvalue weighted by Crippen LogP contribution is -2.22. The monoisotopic (exact) mass is 249 g/mol. The predicted octanol–water partition coefficient (Wildman–Crippen LogP) is 1.12. The molecular weight excluding hydrogens is 238 g/mol. The number of amides is 1. The maximum atomic E-state index is 11.8. The standard InChI is InChI=1S/C12H11NO3S/c1-2-12(14)13-7-9-8-17(15,16)11-6-4-3-5-10(9)11/h2-6,8H,1,7H2,(H,13,14). The van der Waals surface area contributed by atoms with Crippen LogP contribution in [-0.4, -0.2) is 20.9 Å². The van der Waals surface area contributed by atoms with E-state index in [1.54, 1.807) is 24.3 Å². The van der Waals surface area contributed by atoms with Gasteiger partial charge >= 0.3 is 0 Å². The van der Waals surface area contributed by atoms with E-state index < -0.39 is 9.84 Å². The number of hydrogen-bond donors (Lipinski definition) is 1. The van der Waals surface area contributed by atoms with Crippen molar-refractivity contribution in [3.8, 4) is 0 Å². The normalized spacial score (nSPS) is 15.9. The van der Waals surface area contributed by atoms with Crippen LogP contribution in [0.2, 0.25) is 0 Å². The Labute approximate surface area is 99.6 Å². The largest absolute Gasteiger partial charge is 0.348 e. The maximum absolute atomic E-state index is 11.8. The molecule has 0 radical (unpaired) electrons. The van der Waals surface area contributed by atoms with Crippen molar-refractivity contribution < 1.29 is 13.2 Å². The van der Waals surface area contributed by atoms with E-state index in [1.807, 2.05) is 0 Å². The summed E-state index contributed by atoms with van der Waals surface area (Å²) in [4.78, 5) is 11.3. The number of carbonyl (C=O) groups excluding carboxylic acids is 1. The molecule has 17 heavy (non-hydrogen) atoms. The minimum Gasteiger partial charge on any atom is -0.348 e. The second-order valence-corrected chi connectivity index (χ2v) is 5.37. The van der Waals surface area contributed by atoms with Crippen molar-refractivity contribution in [3.63, 3.8) is 0 Å². The van der Waals surface area contributed by atoms with Crippen LogP contribution in [0.1, 0.15) is 5.56 Å². The Morgan fingerprint density at radius 3 is 2.76 bits per heavy atom. The molecule has 0 aromatic heterocycles. The van der Waals surface area contributed by atoms with Gasteiger partial charge in [0, 0.05) is 12.0 Å². The smallest absolute Gasteiger partial charge is 0.243 e. The summed E-state index contributed by atoms with van der Waals surface area (Å²) in [5.41, 5.74) is 1.24. The summed E-state index contributed by atoms with van der Waals surface area (Å²) in [6, 6.07) is 6.73. The van der Waals surface area contributed by atoms with E-state index in [9.17, 15) is 13.2 Å². The minimum atomic E-state index is -3.35. The molecule has 1 aliphatic rings. The summed E-state index contributed by atoms with van der Waals surface area (Å²) in [6.45, 7) is 3.51. The van der Waals surface area contributed by atoms with Gasteiger partial charge < -0.3 is 5.32 Å². The molecule has 0 unspecified atom stereocenters. The van der Waals surface area contributed by atoms with Crippen molar-refractivity contribution in [3.05, 3.63) is 47.9 Å². The van der Waals surface area contributed by atoms with E-state index in [0.717, 1.165) is 6.08 Å². The van der Waals surface area contributed by atoms with Crippen molar-refractivity contribution in [2.24, 2.45) is 0 Å². The molecule has 88 valence electrons. The number of sulfone groups is 1. The van der Waals surface area contributed by atoms with Crippen LogP contribution in [0.25, 0.3) is 5.57 Å². The second kappa shape index (κ2) is 4.18. The van der Waals surface area contributed by atoms with E-state index in [2.05, 4.69) is 11.9 Å². The molecule has 0 saturated heterocycles.